The van der Waals surface area contributed by atoms with Gasteiger partial charge in [0.15, 0.2) is 5.82 Å². The van der Waals surface area contributed by atoms with E-state index in [1.807, 2.05) is 4.90 Å². The molecule has 0 radical (unpaired) electrons. The lowest BCUT2D eigenvalue weighted by atomic mass is 10.2. The van der Waals surface area contributed by atoms with Crippen LogP contribution in [0, 0.1) is 0 Å². The Hall–Kier alpha value is -2.55. The van der Waals surface area contributed by atoms with Gasteiger partial charge in [0.2, 0.25) is 11.8 Å². The minimum Gasteiger partial charge on any atom is -0.394 e. The predicted molar refractivity (Wildman–Crippen MR) is 127 cm³/mol. The van der Waals surface area contributed by atoms with Gasteiger partial charge in [-0.2, -0.15) is 18.2 Å². The molecule has 1 aliphatic heterocycles. The number of hydrogen-bond donors (Lipinski definition) is 3. The Labute approximate surface area is 209 Å². The first kappa shape index (κ1) is 25.1. The molecular weight excluding hydrogens is 499 g/mol. The summed E-state index contributed by atoms with van der Waals surface area (Å²) in [5.74, 6) is 0.286. The number of halogens is 3. The van der Waals surface area contributed by atoms with Gasteiger partial charge in [-0.3, -0.25) is 0 Å². The van der Waals surface area contributed by atoms with Crippen LogP contribution < -0.4 is 10.2 Å². The largest absolute Gasteiger partial charge is 0.451 e. The van der Waals surface area contributed by atoms with Crippen LogP contribution in [-0.2, 0) is 30.4 Å². The number of nitrogens with one attached hydrogen (secondary N) is 1. The number of anilines is 2. The highest BCUT2D eigenvalue weighted by Crippen LogP contribution is 2.36. The Morgan fingerprint density at radius 3 is 2.81 bits per heavy atom. The molecule has 196 valence electrons. The molecule has 0 spiro atoms. The van der Waals surface area contributed by atoms with Crippen molar-refractivity contribution in [2.24, 2.45) is 0 Å². The van der Waals surface area contributed by atoms with Crippen molar-refractivity contribution in [3.05, 3.63) is 22.6 Å². The highest BCUT2D eigenvalue weighted by molar-refractivity contribution is 7.18. The number of fused-ring (bicyclic) bond motifs is 2. The number of aliphatic hydroxyl groups is 2. The van der Waals surface area contributed by atoms with E-state index < -0.39 is 18.1 Å². The number of ether oxygens (including phenoxy) is 1. The molecule has 3 atom stereocenters. The monoisotopic (exact) mass is 527 g/mol. The summed E-state index contributed by atoms with van der Waals surface area (Å²) in [5.41, 5.74) is 0. The van der Waals surface area contributed by atoms with Crippen LogP contribution in [0.1, 0.15) is 42.7 Å². The third kappa shape index (κ3) is 4.99. The summed E-state index contributed by atoms with van der Waals surface area (Å²) >= 11 is 1.58. The first-order chi connectivity index (χ1) is 17.3. The van der Waals surface area contributed by atoms with Gasteiger partial charge in [0.1, 0.15) is 10.6 Å². The van der Waals surface area contributed by atoms with Gasteiger partial charge in [0.05, 0.1) is 37.4 Å². The Bertz CT molecular complexity index is 1220. The fourth-order valence-electron chi connectivity index (χ4n) is 4.84. The van der Waals surface area contributed by atoms with Crippen molar-refractivity contribution in [2.45, 2.75) is 70.1 Å². The van der Waals surface area contributed by atoms with Crippen LogP contribution >= 0.6 is 11.3 Å². The smallest absolute Gasteiger partial charge is 0.394 e. The first-order valence-corrected chi connectivity index (χ1v) is 12.8. The molecule has 2 aliphatic rings. The topological polar surface area (TPSA) is 121 Å². The van der Waals surface area contributed by atoms with E-state index in [-0.39, 0.29) is 44.3 Å². The standard InChI is InChI=1S/C22H28F3N7O3S/c1-2-3-13-10-14-18(31-4-5-32-17(11-31)29-30-20(32)22(23,24)25)27-21(28-19(14)36-13)26-12-8-15(34)16(9-12)35-7-6-33/h10,12,15-16,33-34H,2-9,11H2,1H3,(H,26,27,28). The van der Waals surface area contributed by atoms with Crippen LogP contribution in [-0.4, -0.2) is 73.0 Å². The lowest BCUT2D eigenvalue weighted by Crippen LogP contribution is -2.36. The molecule has 36 heavy (non-hydrogen) atoms. The van der Waals surface area contributed by atoms with E-state index in [9.17, 15) is 18.3 Å². The van der Waals surface area contributed by atoms with Crippen molar-refractivity contribution in [3.63, 3.8) is 0 Å². The molecule has 1 fully saturated rings. The average molecular weight is 528 g/mol. The molecule has 1 aliphatic carbocycles. The molecule has 0 bridgehead atoms. The third-order valence-electron chi connectivity index (χ3n) is 6.45. The van der Waals surface area contributed by atoms with Gasteiger partial charge >= 0.3 is 6.18 Å². The molecule has 5 rings (SSSR count). The van der Waals surface area contributed by atoms with Crippen molar-refractivity contribution < 1.29 is 28.1 Å². The van der Waals surface area contributed by atoms with Gasteiger partial charge in [-0.15, -0.1) is 21.5 Å². The van der Waals surface area contributed by atoms with Crippen LogP contribution in [0.15, 0.2) is 6.07 Å². The molecule has 4 heterocycles. The summed E-state index contributed by atoms with van der Waals surface area (Å²) in [5, 5.41) is 30.7. The number of aromatic nitrogens is 5. The fourth-order valence-corrected chi connectivity index (χ4v) is 5.96. The van der Waals surface area contributed by atoms with Crippen molar-refractivity contribution >= 4 is 33.3 Å². The van der Waals surface area contributed by atoms with Crippen LogP contribution in [0.25, 0.3) is 10.2 Å². The predicted octanol–water partition coefficient (Wildman–Crippen LogP) is 2.59. The van der Waals surface area contributed by atoms with Crippen molar-refractivity contribution in [1.82, 2.24) is 24.7 Å². The summed E-state index contributed by atoms with van der Waals surface area (Å²) in [6.07, 6.45) is -2.74. The molecule has 0 aromatic carbocycles. The van der Waals surface area contributed by atoms with E-state index in [1.165, 1.54) is 0 Å². The number of nitrogens with zero attached hydrogens (tertiary/aromatic N) is 6. The van der Waals surface area contributed by atoms with Crippen molar-refractivity contribution in [2.75, 3.05) is 30.0 Å². The molecule has 3 aromatic rings. The molecule has 3 N–H and O–H groups in total. The van der Waals surface area contributed by atoms with E-state index in [4.69, 9.17) is 19.8 Å². The van der Waals surface area contributed by atoms with Crippen molar-refractivity contribution in [1.29, 1.82) is 0 Å². The molecule has 14 heteroatoms. The van der Waals surface area contributed by atoms with Gasteiger partial charge in [0, 0.05) is 24.0 Å². The summed E-state index contributed by atoms with van der Waals surface area (Å²) < 4.78 is 46.5. The molecule has 10 nitrogen and oxygen atoms in total. The summed E-state index contributed by atoms with van der Waals surface area (Å²) in [6, 6.07) is 1.93. The minimum absolute atomic E-state index is 0.0933. The number of alkyl halides is 3. The molecule has 3 aromatic heterocycles. The molecule has 0 amide bonds. The molecular formula is C22H28F3N7O3S. The Balaban J connectivity index is 1.43. The van der Waals surface area contributed by atoms with Gasteiger partial charge in [-0.05, 0) is 25.3 Å². The van der Waals surface area contributed by atoms with E-state index in [0.29, 0.717) is 31.2 Å². The van der Waals surface area contributed by atoms with Gasteiger partial charge in [-0.25, -0.2) is 4.98 Å². The SMILES string of the molecule is CCCc1cc2c(N3CCn4c(nnc4C(F)(F)F)C3)nc(NC3CC(O)C(OCCO)C3)nc2s1. The van der Waals surface area contributed by atoms with Gasteiger partial charge in [0.25, 0.3) is 0 Å². The zero-order valence-corrected chi connectivity index (χ0v) is 20.5. The fraction of sp³-hybridized carbons (Fsp3) is 0.636. The van der Waals surface area contributed by atoms with Gasteiger partial charge in [-0.1, -0.05) is 13.3 Å². The number of aryl methyl sites for hydroxylation is 1. The highest BCUT2D eigenvalue weighted by Gasteiger charge is 2.40. The average Bonchev–Trinajstić information content (AvgIpc) is 3.53. The summed E-state index contributed by atoms with van der Waals surface area (Å²) in [7, 11) is 0. The maximum absolute atomic E-state index is 13.3. The van der Waals surface area contributed by atoms with Crippen molar-refractivity contribution in [3.8, 4) is 0 Å². The van der Waals surface area contributed by atoms with E-state index in [2.05, 4.69) is 28.5 Å². The second-order valence-electron chi connectivity index (χ2n) is 9.08. The normalized spacial score (nSPS) is 22.4. The van der Waals surface area contributed by atoms with Gasteiger partial charge < -0.3 is 29.7 Å². The maximum Gasteiger partial charge on any atom is 0.451 e. The quantitative estimate of drug-likeness (QED) is 0.406. The second-order valence-corrected chi connectivity index (χ2v) is 10.2. The lowest BCUT2D eigenvalue weighted by molar-refractivity contribution is -0.147. The highest BCUT2D eigenvalue weighted by atomic mass is 32.1. The maximum atomic E-state index is 13.3. The van der Waals surface area contributed by atoms with E-state index in [0.717, 1.165) is 32.5 Å². The molecule has 0 saturated heterocycles. The lowest BCUT2D eigenvalue weighted by Gasteiger charge is -2.29. The minimum atomic E-state index is -4.56. The molecule has 1 saturated carbocycles. The zero-order valence-electron chi connectivity index (χ0n) is 19.7. The summed E-state index contributed by atoms with van der Waals surface area (Å²) in [4.78, 5) is 13.4. The molecule has 3 unspecified atom stereocenters. The van der Waals surface area contributed by atoms with E-state index in [1.54, 1.807) is 11.3 Å². The van der Waals surface area contributed by atoms with Crippen LogP contribution in [0.3, 0.4) is 0 Å². The summed E-state index contributed by atoms with van der Waals surface area (Å²) in [6.45, 7) is 2.70. The number of hydrogen-bond acceptors (Lipinski definition) is 10. The number of aliphatic hydroxyl groups excluding tert-OH is 2. The van der Waals surface area contributed by atoms with Crippen LogP contribution in [0.4, 0.5) is 24.9 Å². The van der Waals surface area contributed by atoms with Crippen LogP contribution in [0.2, 0.25) is 0 Å². The Morgan fingerprint density at radius 1 is 1.22 bits per heavy atom. The number of thiophene rings is 1. The zero-order chi connectivity index (χ0) is 25.4. The first-order valence-electron chi connectivity index (χ1n) is 12.0. The van der Waals surface area contributed by atoms with E-state index >= 15 is 0 Å². The van der Waals surface area contributed by atoms with Crippen LogP contribution in [0.5, 0.6) is 0 Å². The third-order valence-corrected chi connectivity index (χ3v) is 7.54. The second kappa shape index (κ2) is 10.1. The Morgan fingerprint density at radius 2 is 2.06 bits per heavy atom. The number of rotatable bonds is 8. The Kier molecular flexibility index (Phi) is 7.03.